The van der Waals surface area contributed by atoms with E-state index in [1.54, 1.807) is 49.6 Å². The van der Waals surface area contributed by atoms with Crippen molar-refractivity contribution in [1.82, 2.24) is 20.1 Å². The first-order chi connectivity index (χ1) is 18.4. The van der Waals surface area contributed by atoms with Gasteiger partial charge in [0, 0.05) is 50.0 Å². The van der Waals surface area contributed by atoms with Crippen molar-refractivity contribution in [3.05, 3.63) is 75.8 Å². The molecule has 5 rings (SSSR count). The van der Waals surface area contributed by atoms with Crippen molar-refractivity contribution < 1.29 is 14.6 Å². The van der Waals surface area contributed by atoms with Crippen LogP contribution in [-0.4, -0.2) is 82.6 Å². The fourth-order valence-electron chi connectivity index (χ4n) is 4.96. The van der Waals surface area contributed by atoms with Crippen LogP contribution in [0.4, 0.5) is 11.5 Å². The van der Waals surface area contributed by atoms with E-state index in [9.17, 15) is 14.7 Å². The zero-order valence-electron chi connectivity index (χ0n) is 21.1. The number of H-pyrrole nitrogens is 1. The summed E-state index contributed by atoms with van der Waals surface area (Å²) in [7, 11) is 0. The van der Waals surface area contributed by atoms with Crippen LogP contribution in [0, 0.1) is 18.3 Å². The molecule has 2 aromatic heterocycles. The van der Waals surface area contributed by atoms with Crippen LogP contribution in [0.25, 0.3) is 0 Å². The number of nitrogens with one attached hydrogen (secondary N) is 1. The number of nitriles is 1. The van der Waals surface area contributed by atoms with Crippen LogP contribution in [0.3, 0.4) is 0 Å². The van der Waals surface area contributed by atoms with Gasteiger partial charge >= 0.3 is 0 Å². The van der Waals surface area contributed by atoms with Gasteiger partial charge in [-0.25, -0.2) is 10.1 Å². The number of rotatable bonds is 6. The quantitative estimate of drug-likeness (QED) is 0.498. The first-order valence-corrected chi connectivity index (χ1v) is 12.5. The highest BCUT2D eigenvalue weighted by Crippen LogP contribution is 2.27. The lowest BCUT2D eigenvalue weighted by atomic mass is 10.1. The number of benzene rings is 1. The van der Waals surface area contributed by atoms with E-state index in [0.29, 0.717) is 67.3 Å². The molecule has 0 aliphatic carbocycles. The SMILES string of the molecule is Cc1c(N2C[C@@H](O)C[C@H]2COc2cccc(C(=O)N3CCN(c4ccc(C#N)cn4)CC3)c2)cn[nH]c1=O. The molecule has 0 spiro atoms. The Morgan fingerprint density at radius 1 is 1.21 bits per heavy atom. The van der Waals surface area contributed by atoms with Gasteiger partial charge in [-0.15, -0.1) is 0 Å². The Hall–Kier alpha value is -4.43. The molecule has 2 aliphatic rings. The predicted molar refractivity (Wildman–Crippen MR) is 140 cm³/mol. The molecule has 3 aromatic rings. The fraction of sp³-hybridized carbons (Fsp3) is 0.370. The van der Waals surface area contributed by atoms with E-state index < -0.39 is 6.10 Å². The molecule has 38 heavy (non-hydrogen) atoms. The lowest BCUT2D eigenvalue weighted by Gasteiger charge is -2.35. The van der Waals surface area contributed by atoms with Crippen LogP contribution in [0.5, 0.6) is 5.75 Å². The van der Waals surface area contributed by atoms with Gasteiger partial charge in [-0.1, -0.05) is 6.07 Å². The number of pyridine rings is 1. The van der Waals surface area contributed by atoms with Crippen LogP contribution >= 0.6 is 0 Å². The van der Waals surface area contributed by atoms with Gasteiger partial charge in [-0.05, 0) is 43.7 Å². The zero-order valence-corrected chi connectivity index (χ0v) is 21.1. The number of β-amino-alcohol motifs (C(OH)–C–C–N with tert-alkyl or cyclic N) is 1. The third kappa shape index (κ3) is 5.31. The summed E-state index contributed by atoms with van der Waals surface area (Å²) in [6, 6.07) is 12.6. The molecule has 0 bridgehead atoms. The van der Waals surface area contributed by atoms with Crippen molar-refractivity contribution >= 4 is 17.4 Å². The monoisotopic (exact) mass is 515 g/mol. The van der Waals surface area contributed by atoms with E-state index in [2.05, 4.69) is 26.2 Å². The maximum absolute atomic E-state index is 13.2. The summed E-state index contributed by atoms with van der Waals surface area (Å²) < 4.78 is 6.06. The van der Waals surface area contributed by atoms with Crippen molar-refractivity contribution in [3.63, 3.8) is 0 Å². The summed E-state index contributed by atoms with van der Waals surface area (Å²) in [6.07, 6.45) is 3.12. The number of carbonyl (C=O) groups is 1. The number of hydrogen-bond donors (Lipinski definition) is 2. The number of ether oxygens (including phenoxy) is 1. The van der Waals surface area contributed by atoms with Crippen molar-refractivity contribution in [2.45, 2.75) is 25.5 Å². The molecule has 0 radical (unpaired) electrons. The average Bonchev–Trinajstić information content (AvgIpc) is 3.33. The standard InChI is InChI=1S/C27H29N7O4/c1-18-24(15-30-31-26(18)36)34-16-22(35)12-21(34)17-38-23-4-2-3-20(11-23)27(37)33-9-7-32(8-10-33)25-6-5-19(13-28)14-29-25/h2-6,11,14-15,21-22,35H,7-10,12,16-17H2,1H3,(H,31,36)/t21-,22-/m0/s1. The van der Waals surface area contributed by atoms with E-state index in [1.165, 1.54) is 0 Å². The van der Waals surface area contributed by atoms with Crippen molar-refractivity contribution in [2.75, 3.05) is 49.1 Å². The molecule has 4 heterocycles. The molecule has 0 unspecified atom stereocenters. The van der Waals surface area contributed by atoms with E-state index >= 15 is 0 Å². The van der Waals surface area contributed by atoms with E-state index in [1.807, 2.05) is 15.9 Å². The number of amides is 1. The second kappa shape index (κ2) is 10.9. The van der Waals surface area contributed by atoms with E-state index in [-0.39, 0.29) is 24.1 Å². The molecule has 0 saturated carbocycles. The van der Waals surface area contributed by atoms with Crippen LogP contribution in [0.2, 0.25) is 0 Å². The van der Waals surface area contributed by atoms with Gasteiger partial charge in [0.05, 0.1) is 29.6 Å². The summed E-state index contributed by atoms with van der Waals surface area (Å²) >= 11 is 0. The van der Waals surface area contributed by atoms with Gasteiger partial charge in [-0.3, -0.25) is 9.59 Å². The molecule has 2 aliphatic heterocycles. The molecule has 2 N–H and O–H groups in total. The van der Waals surface area contributed by atoms with Gasteiger partial charge in [0.15, 0.2) is 0 Å². The number of anilines is 2. The highest BCUT2D eigenvalue weighted by molar-refractivity contribution is 5.94. The number of piperazine rings is 1. The molecule has 196 valence electrons. The Kier molecular flexibility index (Phi) is 7.24. The molecule has 1 aromatic carbocycles. The summed E-state index contributed by atoms with van der Waals surface area (Å²) in [5.41, 5.74) is 2.03. The van der Waals surface area contributed by atoms with E-state index in [4.69, 9.17) is 10.00 Å². The molecule has 11 nitrogen and oxygen atoms in total. The molecule has 2 atom stereocenters. The second-order valence-electron chi connectivity index (χ2n) is 9.54. The van der Waals surface area contributed by atoms with Gasteiger partial charge in [-0.2, -0.15) is 10.4 Å². The largest absolute Gasteiger partial charge is 0.491 e. The molecule has 2 saturated heterocycles. The second-order valence-corrected chi connectivity index (χ2v) is 9.54. The van der Waals surface area contributed by atoms with Gasteiger partial charge < -0.3 is 24.5 Å². The lowest BCUT2D eigenvalue weighted by molar-refractivity contribution is 0.0746. The minimum atomic E-state index is -0.534. The highest BCUT2D eigenvalue weighted by Gasteiger charge is 2.33. The Balaban J connectivity index is 1.20. The minimum absolute atomic E-state index is 0.0639. The first-order valence-electron chi connectivity index (χ1n) is 12.5. The normalized spacial score (nSPS) is 19.3. The Morgan fingerprint density at radius 2 is 2.03 bits per heavy atom. The fourth-order valence-corrected chi connectivity index (χ4v) is 4.96. The number of nitrogens with zero attached hydrogens (tertiary/aromatic N) is 6. The number of aliphatic hydroxyl groups is 1. The van der Waals surface area contributed by atoms with Gasteiger partial charge in [0.2, 0.25) is 0 Å². The number of hydrogen-bond acceptors (Lipinski definition) is 9. The zero-order chi connectivity index (χ0) is 26.6. The summed E-state index contributed by atoms with van der Waals surface area (Å²) in [5.74, 6) is 1.30. The summed E-state index contributed by atoms with van der Waals surface area (Å²) in [6.45, 7) is 4.83. The topological polar surface area (TPSA) is 139 Å². The number of aromatic nitrogens is 3. The van der Waals surface area contributed by atoms with Crippen LogP contribution < -0.4 is 20.1 Å². The molecular weight excluding hydrogens is 486 g/mol. The number of carbonyl (C=O) groups excluding carboxylic acids is 1. The van der Waals surface area contributed by atoms with Crippen molar-refractivity contribution in [2.24, 2.45) is 0 Å². The Morgan fingerprint density at radius 3 is 2.76 bits per heavy atom. The van der Waals surface area contributed by atoms with Crippen molar-refractivity contribution in [3.8, 4) is 11.8 Å². The van der Waals surface area contributed by atoms with E-state index in [0.717, 1.165) is 5.82 Å². The lowest BCUT2D eigenvalue weighted by Crippen LogP contribution is -2.49. The summed E-state index contributed by atoms with van der Waals surface area (Å²) in [4.78, 5) is 35.5. The molecule has 11 heteroatoms. The maximum Gasteiger partial charge on any atom is 0.269 e. The molecule has 2 fully saturated rings. The minimum Gasteiger partial charge on any atom is -0.491 e. The van der Waals surface area contributed by atoms with Gasteiger partial charge in [0.1, 0.15) is 24.2 Å². The van der Waals surface area contributed by atoms with Crippen molar-refractivity contribution in [1.29, 1.82) is 5.26 Å². The summed E-state index contributed by atoms with van der Waals surface area (Å²) in [5, 5.41) is 25.6. The Labute approximate surface area is 219 Å². The predicted octanol–water partition coefficient (Wildman–Crippen LogP) is 1.33. The van der Waals surface area contributed by atoms with Gasteiger partial charge in [0.25, 0.3) is 11.5 Å². The molecular formula is C27H29N7O4. The average molecular weight is 516 g/mol. The van der Waals surface area contributed by atoms with Crippen LogP contribution in [0.1, 0.15) is 27.9 Å². The number of aromatic amines is 1. The third-order valence-corrected chi connectivity index (χ3v) is 7.07. The number of aliphatic hydroxyl groups excluding tert-OH is 1. The smallest absolute Gasteiger partial charge is 0.269 e. The van der Waals surface area contributed by atoms with Crippen LogP contribution in [-0.2, 0) is 0 Å². The molecule has 1 amide bonds. The third-order valence-electron chi connectivity index (χ3n) is 7.07. The van der Waals surface area contributed by atoms with Crippen LogP contribution in [0.15, 0.2) is 53.6 Å². The Bertz CT molecular complexity index is 1390. The maximum atomic E-state index is 13.2. The first kappa shape index (κ1) is 25.2. The highest BCUT2D eigenvalue weighted by atomic mass is 16.5.